The molecule has 0 aliphatic carbocycles. The zero-order chi connectivity index (χ0) is 21.6. The lowest BCUT2D eigenvalue weighted by molar-refractivity contribution is -0.131. The Labute approximate surface area is 178 Å². The summed E-state index contributed by atoms with van der Waals surface area (Å²) in [5.74, 6) is 1.08. The molecule has 8 heteroatoms. The number of carbonyl (C=O) groups excluding carboxylic acids is 1. The molecule has 0 atom stereocenters. The molecule has 1 aliphatic heterocycles. The molecule has 1 saturated heterocycles. The summed E-state index contributed by atoms with van der Waals surface area (Å²) >= 11 is 0. The minimum absolute atomic E-state index is 0.0227. The second-order valence-electron chi connectivity index (χ2n) is 7.36. The van der Waals surface area contributed by atoms with E-state index in [1.165, 1.54) is 38.0 Å². The van der Waals surface area contributed by atoms with E-state index in [2.05, 4.69) is 16.9 Å². The summed E-state index contributed by atoms with van der Waals surface area (Å²) in [6.07, 6.45) is 2.85. The molecule has 0 aromatic heterocycles. The van der Waals surface area contributed by atoms with Crippen molar-refractivity contribution in [2.45, 2.75) is 24.2 Å². The van der Waals surface area contributed by atoms with Gasteiger partial charge in [-0.2, -0.15) is 0 Å². The number of ether oxygens (including phenoxy) is 2. The molecule has 0 spiro atoms. The van der Waals surface area contributed by atoms with Crippen LogP contribution in [0.4, 0.5) is 0 Å². The third kappa shape index (κ3) is 5.52. The summed E-state index contributed by atoms with van der Waals surface area (Å²) in [5.41, 5.74) is 1.31. The van der Waals surface area contributed by atoms with Gasteiger partial charge in [-0.15, -0.1) is 0 Å². The number of rotatable bonds is 8. The molecule has 0 saturated carbocycles. The first-order valence-electron chi connectivity index (χ1n) is 9.96. The van der Waals surface area contributed by atoms with Crippen molar-refractivity contribution in [2.24, 2.45) is 5.92 Å². The van der Waals surface area contributed by atoms with Crippen molar-refractivity contribution < 1.29 is 22.7 Å². The fourth-order valence-electron chi connectivity index (χ4n) is 3.67. The van der Waals surface area contributed by atoms with Gasteiger partial charge in [0.2, 0.25) is 15.9 Å². The van der Waals surface area contributed by atoms with Gasteiger partial charge >= 0.3 is 0 Å². The summed E-state index contributed by atoms with van der Waals surface area (Å²) in [6.45, 7) is 1.03. The highest BCUT2D eigenvalue weighted by Crippen LogP contribution is 2.29. The second-order valence-corrected chi connectivity index (χ2v) is 9.12. The van der Waals surface area contributed by atoms with Crippen molar-refractivity contribution in [3.63, 3.8) is 0 Å². The fraction of sp³-hybridized carbons (Fsp3) is 0.409. The van der Waals surface area contributed by atoms with Gasteiger partial charge in [0.1, 0.15) is 0 Å². The first-order valence-corrected chi connectivity index (χ1v) is 11.4. The van der Waals surface area contributed by atoms with Crippen molar-refractivity contribution in [1.82, 2.24) is 9.62 Å². The van der Waals surface area contributed by atoms with Gasteiger partial charge in [-0.05, 0) is 42.9 Å². The fourth-order valence-corrected chi connectivity index (χ4v) is 4.66. The normalized spacial score (nSPS) is 15.1. The number of sulfonamides is 1. The number of likely N-dealkylation sites (tertiary alicyclic amines) is 1. The van der Waals surface area contributed by atoms with Gasteiger partial charge in [0.25, 0.3) is 0 Å². The highest BCUT2D eigenvalue weighted by molar-refractivity contribution is 7.89. The third-order valence-corrected chi connectivity index (χ3v) is 6.81. The standard InChI is InChI=1S/C22H28N2O5S/c1-28-20-9-8-19(15-21(20)29-2)30(26,27)23-16-22(25)24-12-10-18(11-13-24)14-17-6-4-3-5-7-17/h3-9,15,18,23H,10-14,16H2,1-2H3. The Morgan fingerprint density at radius 1 is 1.03 bits per heavy atom. The molecule has 30 heavy (non-hydrogen) atoms. The van der Waals surface area contributed by atoms with Gasteiger partial charge in [0.15, 0.2) is 11.5 Å². The third-order valence-electron chi connectivity index (χ3n) is 5.41. The first kappa shape index (κ1) is 22.1. The van der Waals surface area contributed by atoms with E-state index in [4.69, 9.17) is 9.47 Å². The van der Waals surface area contributed by atoms with Crippen LogP contribution in [0.15, 0.2) is 53.4 Å². The molecule has 162 valence electrons. The second kappa shape index (κ2) is 9.95. The van der Waals surface area contributed by atoms with Crippen molar-refractivity contribution in [3.05, 3.63) is 54.1 Å². The SMILES string of the molecule is COc1ccc(S(=O)(=O)NCC(=O)N2CCC(Cc3ccccc3)CC2)cc1OC. The molecule has 0 unspecified atom stereocenters. The molecule has 7 nitrogen and oxygen atoms in total. The summed E-state index contributed by atoms with van der Waals surface area (Å²) < 4.78 is 37.8. The molecule has 0 bridgehead atoms. The van der Waals surface area contributed by atoms with Crippen LogP contribution in [0.25, 0.3) is 0 Å². The van der Waals surface area contributed by atoms with Gasteiger partial charge in [-0.1, -0.05) is 30.3 Å². The van der Waals surface area contributed by atoms with Crippen LogP contribution < -0.4 is 14.2 Å². The Morgan fingerprint density at radius 2 is 1.70 bits per heavy atom. The minimum atomic E-state index is -3.84. The summed E-state index contributed by atoms with van der Waals surface area (Å²) in [4.78, 5) is 14.3. The molecular formula is C22H28N2O5S. The number of hydrogen-bond acceptors (Lipinski definition) is 5. The highest BCUT2D eigenvalue weighted by atomic mass is 32.2. The van der Waals surface area contributed by atoms with Gasteiger partial charge in [0.05, 0.1) is 25.7 Å². The van der Waals surface area contributed by atoms with Gasteiger partial charge in [-0.3, -0.25) is 4.79 Å². The van der Waals surface area contributed by atoms with Crippen LogP contribution in [0.5, 0.6) is 11.5 Å². The molecule has 1 amide bonds. The molecule has 3 rings (SSSR count). The number of piperidine rings is 1. The average molecular weight is 433 g/mol. The quantitative estimate of drug-likeness (QED) is 0.693. The molecule has 2 aromatic carbocycles. The number of methoxy groups -OCH3 is 2. The maximum Gasteiger partial charge on any atom is 0.241 e. The van der Waals surface area contributed by atoms with Crippen LogP contribution in [0, 0.1) is 5.92 Å². The van der Waals surface area contributed by atoms with Gasteiger partial charge in [0, 0.05) is 19.2 Å². The van der Waals surface area contributed by atoms with Crippen LogP contribution >= 0.6 is 0 Å². The number of amides is 1. The maximum absolute atomic E-state index is 12.6. The molecule has 1 heterocycles. The Hall–Kier alpha value is -2.58. The Bertz CT molecular complexity index is 955. The molecule has 1 N–H and O–H groups in total. The summed E-state index contributed by atoms with van der Waals surface area (Å²) in [6, 6.07) is 14.7. The van der Waals surface area contributed by atoms with E-state index in [0.717, 1.165) is 19.3 Å². The Morgan fingerprint density at radius 3 is 2.33 bits per heavy atom. The molecule has 2 aromatic rings. The topological polar surface area (TPSA) is 84.9 Å². The molecule has 1 aliphatic rings. The van der Waals surface area contributed by atoms with Crippen LogP contribution in [-0.2, 0) is 21.2 Å². The number of hydrogen-bond donors (Lipinski definition) is 1. The van der Waals surface area contributed by atoms with Gasteiger partial charge < -0.3 is 14.4 Å². The van der Waals surface area contributed by atoms with E-state index in [1.54, 1.807) is 4.90 Å². The lowest BCUT2D eigenvalue weighted by Crippen LogP contribution is -2.44. The average Bonchev–Trinajstić information content (AvgIpc) is 2.78. The van der Waals surface area contributed by atoms with E-state index in [0.29, 0.717) is 30.5 Å². The van der Waals surface area contributed by atoms with Gasteiger partial charge in [-0.25, -0.2) is 13.1 Å². The predicted octanol–water partition coefficient (Wildman–Crippen LogP) is 2.46. The Kier molecular flexibility index (Phi) is 7.33. The number of nitrogens with zero attached hydrogens (tertiary/aromatic N) is 1. The van der Waals surface area contributed by atoms with Crippen molar-refractivity contribution in [1.29, 1.82) is 0 Å². The van der Waals surface area contributed by atoms with Crippen LogP contribution in [-0.4, -0.2) is 53.1 Å². The largest absolute Gasteiger partial charge is 0.493 e. The first-order chi connectivity index (χ1) is 14.4. The Balaban J connectivity index is 1.52. The summed E-state index contributed by atoms with van der Waals surface area (Å²) in [5, 5.41) is 0. The monoisotopic (exact) mass is 432 g/mol. The molecule has 1 fully saturated rings. The lowest BCUT2D eigenvalue weighted by atomic mass is 9.90. The molecular weight excluding hydrogens is 404 g/mol. The van der Waals surface area contributed by atoms with Crippen LogP contribution in [0.1, 0.15) is 18.4 Å². The zero-order valence-electron chi connectivity index (χ0n) is 17.3. The maximum atomic E-state index is 12.6. The van der Waals surface area contributed by atoms with Crippen LogP contribution in [0.2, 0.25) is 0 Å². The van der Waals surface area contributed by atoms with Crippen molar-refractivity contribution >= 4 is 15.9 Å². The summed E-state index contributed by atoms with van der Waals surface area (Å²) in [7, 11) is -0.921. The number of nitrogens with one attached hydrogen (secondary N) is 1. The zero-order valence-corrected chi connectivity index (χ0v) is 18.2. The van der Waals surface area contributed by atoms with Crippen molar-refractivity contribution in [2.75, 3.05) is 33.9 Å². The number of benzene rings is 2. The highest BCUT2D eigenvalue weighted by Gasteiger charge is 2.25. The lowest BCUT2D eigenvalue weighted by Gasteiger charge is -2.32. The van der Waals surface area contributed by atoms with E-state index in [9.17, 15) is 13.2 Å². The van der Waals surface area contributed by atoms with Crippen LogP contribution in [0.3, 0.4) is 0 Å². The molecule has 0 radical (unpaired) electrons. The minimum Gasteiger partial charge on any atom is -0.493 e. The number of carbonyl (C=O) groups is 1. The predicted molar refractivity (Wildman–Crippen MR) is 114 cm³/mol. The van der Waals surface area contributed by atoms with Crippen molar-refractivity contribution in [3.8, 4) is 11.5 Å². The van der Waals surface area contributed by atoms with E-state index >= 15 is 0 Å². The smallest absolute Gasteiger partial charge is 0.241 e. The van der Waals surface area contributed by atoms with E-state index < -0.39 is 10.0 Å². The van der Waals surface area contributed by atoms with E-state index in [-0.39, 0.29) is 17.3 Å². The van der Waals surface area contributed by atoms with E-state index in [1.807, 2.05) is 18.2 Å².